The molecule has 0 unspecified atom stereocenters. The minimum absolute atomic E-state index is 0.382. The van der Waals surface area contributed by atoms with E-state index in [1.807, 2.05) is 13.0 Å². The van der Waals surface area contributed by atoms with Gasteiger partial charge >= 0.3 is 0 Å². The van der Waals surface area contributed by atoms with Crippen LogP contribution >= 0.6 is 0 Å². The van der Waals surface area contributed by atoms with E-state index in [1.165, 1.54) is 0 Å². The van der Waals surface area contributed by atoms with E-state index in [9.17, 15) is 8.42 Å². The van der Waals surface area contributed by atoms with E-state index in [-0.39, 0.29) is 0 Å². The van der Waals surface area contributed by atoms with Crippen LogP contribution in [-0.4, -0.2) is 26.5 Å². The number of rotatable bonds is 5. The molecule has 1 saturated heterocycles. The first-order valence-corrected chi connectivity index (χ1v) is 7.39. The second-order valence-corrected chi connectivity index (χ2v) is 6.38. The monoisotopic (exact) mass is 232 g/mol. The first-order chi connectivity index (χ1) is 7.14. The summed E-state index contributed by atoms with van der Waals surface area (Å²) in [6.07, 6.45) is 7.36. The number of hydrogen-bond donors (Lipinski definition) is 0. The fourth-order valence-electron chi connectivity index (χ4n) is 1.85. The van der Waals surface area contributed by atoms with Gasteiger partial charge in [0.15, 0.2) is 0 Å². The molecule has 0 aliphatic carbocycles. The highest BCUT2D eigenvalue weighted by molar-refractivity contribution is 7.91. The molecule has 0 N–H and O–H groups in total. The van der Waals surface area contributed by atoms with E-state index in [0.717, 1.165) is 32.3 Å². The van der Waals surface area contributed by atoms with Crippen molar-refractivity contribution in [1.82, 2.24) is 0 Å². The van der Waals surface area contributed by atoms with Crippen molar-refractivity contribution >= 4 is 9.84 Å². The molecule has 1 aliphatic rings. The number of hydrogen-bond acceptors (Lipinski definition) is 3. The summed E-state index contributed by atoms with van der Waals surface area (Å²) in [5.74, 6) is 1.35. The summed E-state index contributed by atoms with van der Waals surface area (Å²) in [6, 6.07) is 0. The van der Waals surface area contributed by atoms with Crippen LogP contribution in [0, 0.1) is 5.92 Å². The zero-order valence-corrected chi connectivity index (χ0v) is 10.1. The Hall–Kier alpha value is -0.510. The molecule has 0 aromatic rings. The maximum atomic E-state index is 11.2. The third-order valence-corrected chi connectivity index (χ3v) is 4.50. The number of ether oxygens (including phenoxy) is 1. The van der Waals surface area contributed by atoms with Crippen LogP contribution < -0.4 is 0 Å². The van der Waals surface area contributed by atoms with Gasteiger partial charge in [-0.15, -0.1) is 0 Å². The van der Waals surface area contributed by atoms with Gasteiger partial charge in [-0.2, -0.15) is 0 Å². The van der Waals surface area contributed by atoms with Crippen molar-refractivity contribution < 1.29 is 13.2 Å². The zero-order chi connectivity index (χ0) is 11.1. The lowest BCUT2D eigenvalue weighted by Crippen LogP contribution is -2.23. The van der Waals surface area contributed by atoms with Crippen LogP contribution in [0.1, 0.15) is 32.6 Å². The lowest BCUT2D eigenvalue weighted by Gasteiger charge is -2.21. The fraction of sp³-hybridized carbons (Fsp3) is 0.818. The van der Waals surface area contributed by atoms with Crippen LogP contribution in [0.5, 0.6) is 0 Å². The lowest BCUT2D eigenvalue weighted by atomic mass is 9.97. The van der Waals surface area contributed by atoms with Crippen molar-refractivity contribution in [1.29, 1.82) is 0 Å². The van der Waals surface area contributed by atoms with Crippen LogP contribution in [0.15, 0.2) is 12.3 Å². The van der Waals surface area contributed by atoms with E-state index in [0.29, 0.717) is 17.4 Å². The van der Waals surface area contributed by atoms with Crippen molar-refractivity contribution in [2.45, 2.75) is 32.6 Å². The standard InChI is InChI=1S/C11H20O3S/c1-2-7-14-8-3-4-11-5-9-15(12,13)10-6-11/h2,7,11H,3-6,8-10H2,1H3/b7-2+. The molecule has 1 heterocycles. The average Bonchev–Trinajstić information content (AvgIpc) is 2.20. The Morgan fingerprint density at radius 2 is 2.00 bits per heavy atom. The lowest BCUT2D eigenvalue weighted by molar-refractivity contribution is 0.230. The van der Waals surface area contributed by atoms with E-state index >= 15 is 0 Å². The molecule has 88 valence electrons. The molecule has 1 aliphatic heterocycles. The molecule has 0 amide bonds. The van der Waals surface area contributed by atoms with Gasteiger partial charge in [0.25, 0.3) is 0 Å². The SMILES string of the molecule is C/C=C/OCCCC1CCS(=O)(=O)CC1. The van der Waals surface area contributed by atoms with Gasteiger partial charge in [-0.25, -0.2) is 8.42 Å². The Morgan fingerprint density at radius 1 is 1.33 bits per heavy atom. The molecule has 1 rings (SSSR count). The molecule has 0 aromatic carbocycles. The molecule has 0 saturated carbocycles. The minimum atomic E-state index is -2.70. The summed E-state index contributed by atoms with van der Waals surface area (Å²) in [4.78, 5) is 0. The van der Waals surface area contributed by atoms with Gasteiger partial charge in [-0.3, -0.25) is 0 Å². The second-order valence-electron chi connectivity index (χ2n) is 4.08. The minimum Gasteiger partial charge on any atom is -0.502 e. The normalized spacial score (nSPS) is 21.9. The quantitative estimate of drug-likeness (QED) is 0.539. The van der Waals surface area contributed by atoms with Gasteiger partial charge in [0.2, 0.25) is 0 Å². The molecule has 15 heavy (non-hydrogen) atoms. The van der Waals surface area contributed by atoms with E-state index in [1.54, 1.807) is 6.26 Å². The molecule has 0 aromatic heterocycles. The maximum absolute atomic E-state index is 11.2. The van der Waals surface area contributed by atoms with Crippen LogP contribution in [0.25, 0.3) is 0 Å². The maximum Gasteiger partial charge on any atom is 0.150 e. The molecule has 0 bridgehead atoms. The second kappa shape index (κ2) is 6.16. The van der Waals surface area contributed by atoms with Gasteiger partial charge < -0.3 is 4.74 Å². The Kier molecular flexibility index (Phi) is 5.15. The predicted molar refractivity (Wildman–Crippen MR) is 61.4 cm³/mol. The first kappa shape index (κ1) is 12.6. The Morgan fingerprint density at radius 3 is 2.60 bits per heavy atom. The summed E-state index contributed by atoms with van der Waals surface area (Å²) in [5.41, 5.74) is 0. The van der Waals surface area contributed by atoms with Gasteiger partial charge in [0.1, 0.15) is 9.84 Å². The van der Waals surface area contributed by atoms with Gasteiger partial charge in [-0.1, -0.05) is 6.08 Å². The number of allylic oxidation sites excluding steroid dienone is 1. The van der Waals surface area contributed by atoms with Gasteiger partial charge in [0.05, 0.1) is 24.4 Å². The topological polar surface area (TPSA) is 43.4 Å². The Labute approximate surface area is 92.4 Å². The van der Waals surface area contributed by atoms with Crippen molar-refractivity contribution in [2.75, 3.05) is 18.1 Å². The molecule has 0 atom stereocenters. The van der Waals surface area contributed by atoms with Crippen LogP contribution in [0.2, 0.25) is 0 Å². The smallest absolute Gasteiger partial charge is 0.150 e. The molecule has 0 radical (unpaired) electrons. The fourth-order valence-corrected chi connectivity index (χ4v) is 3.44. The highest BCUT2D eigenvalue weighted by Crippen LogP contribution is 2.22. The molecule has 3 nitrogen and oxygen atoms in total. The Balaban J connectivity index is 2.09. The summed E-state index contributed by atoms with van der Waals surface area (Å²) >= 11 is 0. The highest BCUT2D eigenvalue weighted by atomic mass is 32.2. The third kappa shape index (κ3) is 5.21. The van der Waals surface area contributed by atoms with Crippen molar-refractivity contribution in [3.63, 3.8) is 0 Å². The third-order valence-electron chi connectivity index (χ3n) is 2.78. The molecule has 0 spiro atoms. The van der Waals surface area contributed by atoms with Gasteiger partial charge in [-0.05, 0) is 38.5 Å². The highest BCUT2D eigenvalue weighted by Gasteiger charge is 2.22. The largest absolute Gasteiger partial charge is 0.502 e. The predicted octanol–water partition coefficient (Wildman–Crippen LogP) is 2.14. The number of sulfone groups is 1. The van der Waals surface area contributed by atoms with Crippen LogP contribution in [-0.2, 0) is 14.6 Å². The molecular weight excluding hydrogens is 212 g/mol. The van der Waals surface area contributed by atoms with Crippen LogP contribution in [0.4, 0.5) is 0 Å². The Bertz CT molecular complexity index is 279. The zero-order valence-electron chi connectivity index (χ0n) is 9.31. The summed E-state index contributed by atoms with van der Waals surface area (Å²) in [5, 5.41) is 0. The van der Waals surface area contributed by atoms with Crippen molar-refractivity contribution in [3.05, 3.63) is 12.3 Å². The average molecular weight is 232 g/mol. The van der Waals surface area contributed by atoms with E-state index in [2.05, 4.69) is 0 Å². The van der Waals surface area contributed by atoms with Crippen LogP contribution in [0.3, 0.4) is 0 Å². The summed E-state index contributed by atoms with van der Waals surface area (Å²) in [6.45, 7) is 2.67. The van der Waals surface area contributed by atoms with Gasteiger partial charge in [0, 0.05) is 0 Å². The summed E-state index contributed by atoms with van der Waals surface area (Å²) < 4.78 is 27.6. The summed E-state index contributed by atoms with van der Waals surface area (Å²) in [7, 11) is -2.70. The van der Waals surface area contributed by atoms with Crippen molar-refractivity contribution in [2.24, 2.45) is 5.92 Å². The first-order valence-electron chi connectivity index (χ1n) is 5.57. The molecular formula is C11H20O3S. The molecule has 4 heteroatoms. The van der Waals surface area contributed by atoms with Crippen molar-refractivity contribution in [3.8, 4) is 0 Å². The van der Waals surface area contributed by atoms with E-state index < -0.39 is 9.84 Å². The van der Waals surface area contributed by atoms with E-state index in [4.69, 9.17) is 4.74 Å². The molecule has 1 fully saturated rings.